The average Bonchev–Trinajstić information content (AvgIpc) is 3.18. The lowest BCUT2D eigenvalue weighted by Crippen LogP contribution is -2.42. The normalized spacial score (nSPS) is 17.9. The Morgan fingerprint density at radius 2 is 2.15 bits per heavy atom. The number of amides is 1. The molecule has 138 valence electrons. The van der Waals surface area contributed by atoms with E-state index in [1.165, 1.54) is 28.2 Å². The van der Waals surface area contributed by atoms with Crippen LogP contribution in [-0.2, 0) is 17.6 Å². The van der Waals surface area contributed by atoms with Gasteiger partial charge in [-0.25, -0.2) is 4.98 Å². The first-order valence-electron chi connectivity index (χ1n) is 9.50. The van der Waals surface area contributed by atoms with E-state index in [0.29, 0.717) is 12.6 Å². The van der Waals surface area contributed by atoms with Crippen LogP contribution in [0, 0.1) is 6.92 Å². The molecule has 2 aromatic rings. The van der Waals surface area contributed by atoms with E-state index in [1.54, 1.807) is 11.3 Å². The Balaban J connectivity index is 1.22. The maximum absolute atomic E-state index is 12.3. The largest absolute Gasteiger partial charge is 0.382 e. The number of aryl methyl sites for hydroxylation is 3. The smallest absolute Gasteiger partial charge is 0.240 e. The van der Waals surface area contributed by atoms with Crippen LogP contribution in [0.25, 0.3) is 0 Å². The lowest BCUT2D eigenvalue weighted by Gasteiger charge is -2.32. The van der Waals surface area contributed by atoms with Crippen LogP contribution in [0.2, 0.25) is 0 Å². The van der Waals surface area contributed by atoms with Crippen molar-refractivity contribution >= 4 is 28.1 Å². The number of fused-ring (bicyclic) bond motifs is 1. The zero-order chi connectivity index (χ0) is 17.9. The topological polar surface area (TPSA) is 57.3 Å². The molecule has 2 aliphatic rings. The molecule has 0 saturated carbocycles. The van der Waals surface area contributed by atoms with Gasteiger partial charge in [0.05, 0.1) is 12.2 Å². The van der Waals surface area contributed by atoms with Crippen LogP contribution in [0.5, 0.6) is 0 Å². The quantitative estimate of drug-likeness (QED) is 0.846. The van der Waals surface area contributed by atoms with Gasteiger partial charge in [0.25, 0.3) is 0 Å². The van der Waals surface area contributed by atoms with Crippen molar-refractivity contribution in [1.82, 2.24) is 9.88 Å². The zero-order valence-corrected chi connectivity index (χ0v) is 16.1. The second kappa shape index (κ2) is 7.76. The molecule has 1 saturated heterocycles. The molecule has 26 heavy (non-hydrogen) atoms. The molecule has 1 aliphatic carbocycles. The minimum Gasteiger partial charge on any atom is -0.382 e. The van der Waals surface area contributed by atoms with E-state index in [2.05, 4.69) is 51.7 Å². The van der Waals surface area contributed by atoms with Gasteiger partial charge in [-0.3, -0.25) is 9.69 Å². The second-order valence-electron chi connectivity index (χ2n) is 7.35. The van der Waals surface area contributed by atoms with Crippen LogP contribution >= 0.6 is 11.3 Å². The van der Waals surface area contributed by atoms with Crippen molar-refractivity contribution in [3.8, 4) is 0 Å². The van der Waals surface area contributed by atoms with Gasteiger partial charge in [0.15, 0.2) is 5.13 Å². The third kappa shape index (κ3) is 4.24. The second-order valence-corrected chi connectivity index (χ2v) is 8.44. The highest BCUT2D eigenvalue weighted by Gasteiger charge is 2.22. The Hall–Kier alpha value is -1.92. The lowest BCUT2D eigenvalue weighted by atomic mass is 10.0. The molecule has 2 heterocycles. The lowest BCUT2D eigenvalue weighted by molar-refractivity contribution is -0.117. The highest BCUT2D eigenvalue weighted by Crippen LogP contribution is 2.30. The van der Waals surface area contributed by atoms with Crippen molar-refractivity contribution in [2.24, 2.45) is 0 Å². The first-order chi connectivity index (χ1) is 12.7. The predicted octanol–water partition coefficient (Wildman–Crippen LogP) is 3.46. The third-order valence-corrected chi connectivity index (χ3v) is 6.26. The number of carbonyl (C=O) groups is 1. The van der Waals surface area contributed by atoms with Gasteiger partial charge in [-0.15, -0.1) is 11.3 Å². The van der Waals surface area contributed by atoms with Crippen LogP contribution in [0.4, 0.5) is 10.8 Å². The molecule has 2 N–H and O–H groups in total. The summed E-state index contributed by atoms with van der Waals surface area (Å²) < 4.78 is 0. The molecule has 4 rings (SSSR count). The molecular weight excluding hydrogens is 344 g/mol. The van der Waals surface area contributed by atoms with Crippen LogP contribution in [0.15, 0.2) is 24.3 Å². The fraction of sp³-hybridized carbons (Fsp3) is 0.500. The molecule has 0 bridgehead atoms. The summed E-state index contributed by atoms with van der Waals surface area (Å²) in [5, 5.41) is 7.38. The fourth-order valence-corrected chi connectivity index (χ4v) is 4.88. The van der Waals surface area contributed by atoms with Crippen molar-refractivity contribution in [2.45, 2.75) is 45.1 Å². The minimum atomic E-state index is 0.0579. The molecule has 0 unspecified atom stereocenters. The van der Waals surface area contributed by atoms with Gasteiger partial charge < -0.3 is 10.6 Å². The summed E-state index contributed by atoms with van der Waals surface area (Å²) in [5.74, 6) is 0.0579. The summed E-state index contributed by atoms with van der Waals surface area (Å²) in [5.41, 5.74) is 3.66. The molecule has 6 heteroatoms. The first kappa shape index (κ1) is 17.5. The highest BCUT2D eigenvalue weighted by molar-refractivity contribution is 7.15. The maximum Gasteiger partial charge on any atom is 0.240 e. The van der Waals surface area contributed by atoms with Crippen LogP contribution < -0.4 is 10.6 Å². The van der Waals surface area contributed by atoms with Crippen LogP contribution in [0.3, 0.4) is 0 Å². The van der Waals surface area contributed by atoms with E-state index in [4.69, 9.17) is 0 Å². The molecule has 0 radical (unpaired) electrons. The minimum absolute atomic E-state index is 0.0579. The van der Waals surface area contributed by atoms with Gasteiger partial charge in [0, 0.05) is 29.7 Å². The number of piperidine rings is 1. The van der Waals surface area contributed by atoms with E-state index in [-0.39, 0.29) is 5.91 Å². The summed E-state index contributed by atoms with van der Waals surface area (Å²) in [6.45, 7) is 4.47. The Morgan fingerprint density at radius 3 is 2.92 bits per heavy atom. The van der Waals surface area contributed by atoms with E-state index >= 15 is 0 Å². The summed E-state index contributed by atoms with van der Waals surface area (Å²) in [4.78, 5) is 20.5. The van der Waals surface area contributed by atoms with E-state index in [0.717, 1.165) is 43.9 Å². The number of aromatic nitrogens is 1. The van der Waals surface area contributed by atoms with Crippen molar-refractivity contribution in [3.05, 3.63) is 40.4 Å². The first-order valence-corrected chi connectivity index (χ1v) is 10.3. The number of benzene rings is 1. The molecule has 1 aromatic heterocycles. The number of hydrogen-bond acceptors (Lipinski definition) is 5. The van der Waals surface area contributed by atoms with E-state index < -0.39 is 0 Å². The molecule has 1 aromatic carbocycles. The number of rotatable bonds is 5. The number of thiazole rings is 1. The van der Waals surface area contributed by atoms with Crippen molar-refractivity contribution in [1.29, 1.82) is 0 Å². The number of carbonyl (C=O) groups excluding carboxylic acids is 1. The standard InChI is InChI=1S/C20H26N4OS/c1-14-4-2-5-16(12-14)21-15-8-10-24(11-9-15)13-19(25)23-20-22-17-6-3-7-18(17)26-20/h2,4-5,12,15,21H,3,6-11,13H2,1H3,(H,22,23,25). The Morgan fingerprint density at radius 1 is 1.31 bits per heavy atom. The van der Waals surface area contributed by atoms with Gasteiger partial charge in [0.1, 0.15) is 0 Å². The summed E-state index contributed by atoms with van der Waals surface area (Å²) in [6.07, 6.45) is 5.50. The maximum atomic E-state index is 12.3. The summed E-state index contributed by atoms with van der Waals surface area (Å²) >= 11 is 1.64. The SMILES string of the molecule is Cc1cccc(NC2CCN(CC(=O)Nc3nc4c(s3)CCC4)CC2)c1. The zero-order valence-electron chi connectivity index (χ0n) is 15.3. The summed E-state index contributed by atoms with van der Waals surface area (Å²) in [7, 11) is 0. The van der Waals surface area contributed by atoms with Crippen molar-refractivity contribution in [2.75, 3.05) is 30.3 Å². The molecule has 1 amide bonds. The number of nitrogens with zero attached hydrogens (tertiary/aromatic N) is 2. The van der Waals surface area contributed by atoms with Gasteiger partial charge in [-0.05, 0) is 56.7 Å². The molecule has 1 aliphatic heterocycles. The van der Waals surface area contributed by atoms with Gasteiger partial charge in [0.2, 0.25) is 5.91 Å². The predicted molar refractivity (Wildman–Crippen MR) is 107 cm³/mol. The van der Waals surface area contributed by atoms with Crippen molar-refractivity contribution in [3.63, 3.8) is 0 Å². The molecule has 0 spiro atoms. The Labute approximate surface area is 158 Å². The fourth-order valence-electron chi connectivity index (χ4n) is 3.81. The van der Waals surface area contributed by atoms with Crippen molar-refractivity contribution < 1.29 is 4.79 Å². The van der Waals surface area contributed by atoms with Gasteiger partial charge in [-0.2, -0.15) is 0 Å². The van der Waals surface area contributed by atoms with Gasteiger partial charge in [-0.1, -0.05) is 12.1 Å². The van der Waals surface area contributed by atoms with E-state index in [9.17, 15) is 4.79 Å². The number of anilines is 2. The Kier molecular flexibility index (Phi) is 5.22. The molecule has 5 nitrogen and oxygen atoms in total. The molecule has 1 fully saturated rings. The average molecular weight is 371 g/mol. The number of nitrogens with one attached hydrogen (secondary N) is 2. The molecular formula is C20H26N4OS. The number of likely N-dealkylation sites (tertiary alicyclic amines) is 1. The monoisotopic (exact) mass is 370 g/mol. The van der Waals surface area contributed by atoms with E-state index in [1.807, 2.05) is 0 Å². The number of hydrogen-bond donors (Lipinski definition) is 2. The van der Waals surface area contributed by atoms with Crippen LogP contribution in [-0.4, -0.2) is 41.5 Å². The highest BCUT2D eigenvalue weighted by atomic mass is 32.1. The van der Waals surface area contributed by atoms with Crippen LogP contribution in [0.1, 0.15) is 35.4 Å². The third-order valence-electron chi connectivity index (χ3n) is 5.19. The Bertz CT molecular complexity index is 758. The van der Waals surface area contributed by atoms with Gasteiger partial charge >= 0.3 is 0 Å². The summed E-state index contributed by atoms with van der Waals surface area (Å²) in [6, 6.07) is 9.00. The molecule has 0 atom stereocenters.